The van der Waals surface area contributed by atoms with E-state index in [-0.39, 0.29) is 0 Å². The van der Waals surface area contributed by atoms with Gasteiger partial charge < -0.3 is 0 Å². The van der Waals surface area contributed by atoms with E-state index in [2.05, 4.69) is 86.6 Å². The van der Waals surface area contributed by atoms with Crippen LogP contribution in [0.1, 0.15) is 11.1 Å². The van der Waals surface area contributed by atoms with Crippen LogP contribution in [0.4, 0.5) is 0 Å². The summed E-state index contributed by atoms with van der Waals surface area (Å²) in [6.07, 6.45) is 0. The molecule has 0 spiro atoms. The molecule has 114 valence electrons. The van der Waals surface area contributed by atoms with Crippen molar-refractivity contribution in [3.63, 3.8) is 0 Å². The first-order chi connectivity index (χ1) is 11.7. The maximum Gasteiger partial charge on any atom is -0.0139 e. The Morgan fingerprint density at radius 2 is 0.917 bits per heavy atom. The summed E-state index contributed by atoms with van der Waals surface area (Å²) in [6.45, 7) is 4.50. The Kier molecular flexibility index (Phi) is 2.72. The van der Waals surface area contributed by atoms with Gasteiger partial charge in [0.2, 0.25) is 0 Å². The number of fused-ring (bicyclic) bond motifs is 4. The third kappa shape index (κ3) is 1.80. The van der Waals surface area contributed by atoms with Crippen molar-refractivity contribution in [3.05, 3.63) is 83.9 Å². The molecule has 0 heteroatoms. The highest BCUT2D eigenvalue weighted by molar-refractivity contribution is 6.12. The maximum absolute atomic E-state index is 2.37. The number of rotatable bonds is 0. The van der Waals surface area contributed by atoms with Crippen LogP contribution in [-0.2, 0) is 0 Å². The van der Waals surface area contributed by atoms with Crippen LogP contribution in [0.2, 0.25) is 0 Å². The lowest BCUT2D eigenvalue weighted by Crippen LogP contribution is -1.88. The zero-order valence-corrected chi connectivity index (χ0v) is 13.9. The normalized spacial score (nSPS) is 11.8. The van der Waals surface area contributed by atoms with E-state index in [1.807, 2.05) is 0 Å². The predicted molar refractivity (Wildman–Crippen MR) is 106 cm³/mol. The van der Waals surface area contributed by atoms with Gasteiger partial charge in [-0.1, -0.05) is 48.5 Å². The Balaban J connectivity index is 2.02. The average Bonchev–Trinajstić information content (AvgIpc) is 2.62. The molecule has 0 saturated heterocycles. The Labute approximate surface area is 141 Å². The molecule has 0 aliphatic heterocycles. The molecule has 0 fully saturated rings. The zero-order chi connectivity index (χ0) is 16.3. The quantitative estimate of drug-likeness (QED) is 0.272. The molecular weight excluding hydrogens is 288 g/mol. The van der Waals surface area contributed by atoms with E-state index < -0.39 is 0 Å². The summed E-state index contributed by atoms with van der Waals surface area (Å²) in [5.74, 6) is 0. The molecule has 0 unspecified atom stereocenters. The molecule has 0 amide bonds. The minimum atomic E-state index is 1.31. The molecule has 5 aromatic rings. The lowest BCUT2D eigenvalue weighted by molar-refractivity contribution is 1.55. The van der Waals surface area contributed by atoms with Crippen molar-refractivity contribution in [2.75, 3.05) is 0 Å². The van der Waals surface area contributed by atoms with Gasteiger partial charge in [0.15, 0.2) is 0 Å². The molecule has 0 bridgehead atoms. The molecule has 5 aromatic carbocycles. The topological polar surface area (TPSA) is 0 Å². The van der Waals surface area contributed by atoms with Crippen LogP contribution < -0.4 is 0 Å². The summed E-state index contributed by atoms with van der Waals surface area (Å²) < 4.78 is 0. The summed E-state index contributed by atoms with van der Waals surface area (Å²) in [5, 5.41) is 10.7. The van der Waals surface area contributed by atoms with Crippen LogP contribution in [0.25, 0.3) is 43.1 Å². The van der Waals surface area contributed by atoms with Crippen LogP contribution in [0, 0.1) is 13.8 Å². The summed E-state index contributed by atoms with van der Waals surface area (Å²) in [6, 6.07) is 26.7. The lowest BCUT2D eigenvalue weighted by atomic mass is 9.90. The summed E-state index contributed by atoms with van der Waals surface area (Å²) >= 11 is 0. The summed E-state index contributed by atoms with van der Waals surface area (Å²) in [7, 11) is 0. The molecule has 0 atom stereocenters. The highest BCUT2D eigenvalue weighted by Crippen LogP contribution is 2.35. The number of hydrogen-bond donors (Lipinski definition) is 0. The van der Waals surface area contributed by atoms with Gasteiger partial charge in [-0.25, -0.2) is 0 Å². The van der Waals surface area contributed by atoms with E-state index in [1.165, 1.54) is 54.2 Å². The number of benzene rings is 5. The van der Waals surface area contributed by atoms with Crippen molar-refractivity contribution in [3.8, 4) is 0 Å². The van der Waals surface area contributed by atoms with E-state index in [1.54, 1.807) is 0 Å². The fraction of sp³-hybridized carbons (Fsp3) is 0.0833. The standard InChI is InChI=1S/C24H18/c1-15-21-10-6-5-9-19(21)13-23-16(2)22-12-18-8-4-3-7-17(18)11-20(22)14-24(15)23/h3-14H,1-2H3. The lowest BCUT2D eigenvalue weighted by Gasteiger charge is -2.13. The zero-order valence-electron chi connectivity index (χ0n) is 13.9. The largest absolute Gasteiger partial charge is 0.0616 e. The average molecular weight is 306 g/mol. The van der Waals surface area contributed by atoms with Gasteiger partial charge >= 0.3 is 0 Å². The van der Waals surface area contributed by atoms with E-state index in [0.29, 0.717) is 0 Å². The smallest absolute Gasteiger partial charge is 0.0139 e. The Morgan fingerprint density at radius 3 is 1.67 bits per heavy atom. The van der Waals surface area contributed by atoms with Gasteiger partial charge in [-0.3, -0.25) is 0 Å². The minimum absolute atomic E-state index is 1.31. The van der Waals surface area contributed by atoms with Crippen LogP contribution in [-0.4, -0.2) is 0 Å². The highest BCUT2D eigenvalue weighted by Gasteiger charge is 2.10. The second kappa shape index (κ2) is 4.82. The van der Waals surface area contributed by atoms with Crippen molar-refractivity contribution < 1.29 is 0 Å². The van der Waals surface area contributed by atoms with Crippen LogP contribution in [0.15, 0.2) is 72.8 Å². The van der Waals surface area contributed by atoms with Gasteiger partial charge in [0.1, 0.15) is 0 Å². The molecular formula is C24H18. The molecule has 5 rings (SSSR count). The monoisotopic (exact) mass is 306 g/mol. The number of aryl methyl sites for hydroxylation is 2. The fourth-order valence-corrected chi connectivity index (χ4v) is 4.04. The van der Waals surface area contributed by atoms with Gasteiger partial charge in [-0.05, 0) is 92.3 Å². The minimum Gasteiger partial charge on any atom is -0.0616 e. The molecule has 0 aliphatic rings. The Bertz CT molecular complexity index is 1260. The van der Waals surface area contributed by atoms with Crippen molar-refractivity contribution in [2.45, 2.75) is 13.8 Å². The third-order valence-electron chi connectivity index (χ3n) is 5.38. The molecule has 0 heterocycles. The first kappa shape index (κ1) is 13.6. The summed E-state index contributed by atoms with van der Waals surface area (Å²) in [5.41, 5.74) is 2.75. The fourth-order valence-electron chi connectivity index (χ4n) is 4.04. The predicted octanol–water partition coefficient (Wildman–Crippen LogP) is 6.92. The molecule has 0 N–H and O–H groups in total. The van der Waals surface area contributed by atoms with Gasteiger partial charge in [0.25, 0.3) is 0 Å². The first-order valence-corrected chi connectivity index (χ1v) is 8.46. The van der Waals surface area contributed by atoms with Crippen LogP contribution in [0.3, 0.4) is 0 Å². The van der Waals surface area contributed by atoms with Gasteiger partial charge in [0, 0.05) is 0 Å². The SMILES string of the molecule is Cc1c2ccccc2cc2c(C)c3cc4ccccc4cc3cc12. The number of hydrogen-bond acceptors (Lipinski definition) is 0. The second-order valence-electron chi connectivity index (χ2n) is 6.74. The third-order valence-corrected chi connectivity index (χ3v) is 5.38. The van der Waals surface area contributed by atoms with Crippen molar-refractivity contribution in [1.82, 2.24) is 0 Å². The van der Waals surface area contributed by atoms with Gasteiger partial charge in [-0.2, -0.15) is 0 Å². The van der Waals surface area contributed by atoms with Gasteiger partial charge in [-0.15, -0.1) is 0 Å². The molecule has 0 aliphatic carbocycles. The first-order valence-electron chi connectivity index (χ1n) is 8.46. The van der Waals surface area contributed by atoms with E-state index >= 15 is 0 Å². The molecule has 0 radical (unpaired) electrons. The maximum atomic E-state index is 2.37. The van der Waals surface area contributed by atoms with Crippen molar-refractivity contribution in [1.29, 1.82) is 0 Å². The van der Waals surface area contributed by atoms with Crippen molar-refractivity contribution >= 4 is 43.1 Å². The highest BCUT2D eigenvalue weighted by atomic mass is 14.1. The molecule has 0 saturated carbocycles. The molecule has 0 aromatic heterocycles. The molecule has 24 heavy (non-hydrogen) atoms. The Morgan fingerprint density at radius 1 is 0.417 bits per heavy atom. The van der Waals surface area contributed by atoms with E-state index in [0.717, 1.165) is 0 Å². The second-order valence-corrected chi connectivity index (χ2v) is 6.74. The van der Waals surface area contributed by atoms with Gasteiger partial charge in [0.05, 0.1) is 0 Å². The van der Waals surface area contributed by atoms with E-state index in [9.17, 15) is 0 Å². The van der Waals surface area contributed by atoms with E-state index in [4.69, 9.17) is 0 Å². The van der Waals surface area contributed by atoms with Crippen LogP contribution in [0.5, 0.6) is 0 Å². The molecule has 0 nitrogen and oxygen atoms in total. The van der Waals surface area contributed by atoms with Crippen LogP contribution >= 0.6 is 0 Å². The summed E-state index contributed by atoms with van der Waals surface area (Å²) in [4.78, 5) is 0. The Hall–Kier alpha value is -2.86. The van der Waals surface area contributed by atoms with Crippen molar-refractivity contribution in [2.24, 2.45) is 0 Å².